The number of hydrogen-bond acceptors (Lipinski definition) is 11. The number of alkyl halides is 4. The fraction of sp³-hybridized carbons (Fsp3) is 0.239. The zero-order chi connectivity index (χ0) is 80.3. The van der Waals surface area contributed by atoms with Gasteiger partial charge in [0.1, 0.15) is 57.5 Å². The van der Waals surface area contributed by atoms with Crippen LogP contribution in [0.25, 0.3) is 66.4 Å². The van der Waals surface area contributed by atoms with Gasteiger partial charge in [-0.25, -0.2) is 41.1 Å². The third kappa shape index (κ3) is 45.1. The Morgan fingerprint density at radius 3 is 1.09 bits per heavy atom. The van der Waals surface area contributed by atoms with Crippen LogP contribution in [0, 0.1) is 23.5 Å². The second kappa shape index (κ2) is 73.0. The summed E-state index contributed by atoms with van der Waals surface area (Å²) in [6.45, 7) is -1.40. The number of Topliss-reactive ketones (excluding diaryl/α,β-unsaturated/α-hetero) is 2. The van der Waals surface area contributed by atoms with E-state index in [0.29, 0.717) is 65.6 Å². The van der Waals surface area contributed by atoms with Crippen molar-refractivity contribution in [1.29, 1.82) is 0 Å². The van der Waals surface area contributed by atoms with E-state index in [1.165, 1.54) is 593 Å². The first kappa shape index (κ1) is 127. The van der Waals surface area contributed by atoms with E-state index in [2.05, 4.69) is 15.3 Å². The van der Waals surface area contributed by atoms with Crippen molar-refractivity contribution in [1.82, 2.24) is 20.2 Å². The molecule has 4 aromatic heterocycles. The van der Waals surface area contributed by atoms with Gasteiger partial charge in [0, 0.05) is 77.4 Å². The normalized spacial score (nSPS) is 15.6. The summed E-state index contributed by atoms with van der Waals surface area (Å²) in [6, 6.07) is 44.9. The van der Waals surface area contributed by atoms with Gasteiger partial charge in [0.2, 0.25) is 0 Å². The first-order chi connectivity index (χ1) is 51.7. The van der Waals surface area contributed by atoms with Crippen LogP contribution in [-0.4, -0.2) is 650 Å². The number of ketones is 2. The Morgan fingerprint density at radius 1 is 0.468 bits per heavy atom. The predicted molar refractivity (Wildman–Crippen MR) is 443 cm³/mol. The molecular weight excluding hydrogens is 1900 g/mol. The van der Waals surface area contributed by atoms with E-state index in [9.17, 15) is 50.6 Å². The fourth-order valence-corrected chi connectivity index (χ4v) is 11.4. The second-order valence-electron chi connectivity index (χ2n) is 23.1. The van der Waals surface area contributed by atoms with Crippen molar-refractivity contribution in [3.05, 3.63) is 216 Å². The molecule has 2 saturated heterocycles. The van der Waals surface area contributed by atoms with Gasteiger partial charge < -0.3 is 35.6 Å². The molecule has 2 aliphatic carbocycles. The maximum absolute atomic E-state index is 13.8. The van der Waals surface area contributed by atoms with Gasteiger partial charge in [-0.1, -0.05) is 68.1 Å². The number of hydrogen-bond donors (Lipinski definition) is 4. The summed E-state index contributed by atoms with van der Waals surface area (Å²) in [4.78, 5) is 59.2. The Hall–Kier alpha value is 19.9. The van der Waals surface area contributed by atoms with Gasteiger partial charge in [-0.3, -0.25) is 14.4 Å². The number of aryl methyl sites for hydroxylation is 2. The molecule has 2 saturated carbocycles. The van der Waals surface area contributed by atoms with Gasteiger partial charge in [0.15, 0.2) is 0 Å². The standard InChI is InChI=1S/C35H28F3N3O3.C32H25FN2O4.C3H5F2N.CH4.ClH.18K/c36-26-8-5-21(6-9-26)29-15-24(20-1-3-22(4-2-20)34(43)41-18-35(37,38)19-41)13-25-14-27(44-33(25)29)10-11-31(42)30-16-28(30)23-7-12-32(39)40-17-23;33-24-8-5-19(6-9-24)27-15-22(18-1-3-20(4-2-18)32(37)38)13-23-14-25(39-31(23)27)10-11-29(36)28-16-26(28)21-7-12-30(34)35-17-21;4-3(5)1-6-2-3;;;;;;;;;;;;;;;;;;;;/h1-9,12-15,17,28,30H,10-11,16,18-19H2,(H2,39,40);1-9,12-15,17,26,28H,10-11,16H2,(H2,34,35)(H,37,38);6H,1-2H2;1H4;1H;;;;;;;;;;;;;;;;;;/t28-,30+;26-,28+;;;;;;;;;;;;;;;;;;;;;/m11...................../s1. The van der Waals surface area contributed by atoms with E-state index in [1.807, 2.05) is 48.5 Å². The molecule has 0 bridgehead atoms. The summed E-state index contributed by atoms with van der Waals surface area (Å²) in [5.41, 5.74) is 21.7. The first-order valence-corrected chi connectivity index (χ1v) is 182. The topological polar surface area (TPSA) is 208 Å². The summed E-state index contributed by atoms with van der Waals surface area (Å²) in [5, 5.41) is 13.4. The summed E-state index contributed by atoms with van der Waals surface area (Å²) < 4.78 is 89.4. The van der Waals surface area contributed by atoms with Crippen molar-refractivity contribution in [3.8, 4) is 44.5 Å². The molecular formula is C71H63ClF6K18N6O7. The number of fused-ring (bicyclic) bond motifs is 2. The van der Waals surface area contributed by atoms with Crippen LogP contribution in [0.5, 0.6) is 0 Å². The molecule has 10 aromatic rings. The predicted octanol–water partition coefficient (Wildman–Crippen LogP) is 8.59. The van der Waals surface area contributed by atoms with Gasteiger partial charge in [0.25, 0.3) is 17.8 Å². The van der Waals surface area contributed by atoms with Crippen molar-refractivity contribution in [2.24, 2.45) is 11.8 Å². The molecule has 14 rings (SSSR count). The molecule has 4 aliphatic rings. The molecule has 4 atom stereocenters. The number of carboxylic acid groups (broad SMARTS) is 1. The molecule has 2 aliphatic heterocycles. The van der Waals surface area contributed by atoms with Gasteiger partial charge in [-0.15, -0.1) is 12.4 Å². The van der Waals surface area contributed by atoms with Gasteiger partial charge in [-0.2, -0.15) is 0 Å². The molecule has 109 heavy (non-hydrogen) atoms. The number of halogens is 7. The van der Waals surface area contributed by atoms with E-state index in [4.69, 9.17) is 20.3 Å². The van der Waals surface area contributed by atoms with E-state index in [-0.39, 0.29) is 85.4 Å². The van der Waals surface area contributed by atoms with Gasteiger partial charge in [-0.05, 0) is 166 Å². The number of amides is 1. The van der Waals surface area contributed by atoms with Crippen molar-refractivity contribution in [2.45, 2.75) is 69.6 Å². The number of nitrogens with two attached hydrogens (primary N) is 2. The molecule has 38 heteroatoms. The quantitative estimate of drug-likeness (QED) is 0.0530. The maximum atomic E-state index is 13.8. The van der Waals surface area contributed by atoms with Crippen molar-refractivity contribution >= 4 is 638 Å². The number of benzene rings is 6. The molecule has 6 N–H and O–H groups in total. The number of pyridine rings is 2. The number of nitrogens with zero attached hydrogens (tertiary/aromatic N) is 3. The van der Waals surface area contributed by atoms with Crippen LogP contribution in [0.3, 0.4) is 0 Å². The van der Waals surface area contributed by atoms with Crippen LogP contribution in [0.4, 0.5) is 38.0 Å². The minimum absolute atomic E-state index is 0. The molecule has 486 valence electrons. The van der Waals surface area contributed by atoms with Crippen LogP contribution in [0.1, 0.15) is 88.3 Å². The molecule has 0 spiro atoms. The van der Waals surface area contributed by atoms with Crippen molar-refractivity contribution in [2.75, 3.05) is 37.6 Å². The van der Waals surface area contributed by atoms with Gasteiger partial charge >= 0.3 is 574 Å². The minimum atomic E-state index is -2.83. The molecule has 4 fully saturated rings. The van der Waals surface area contributed by atoms with E-state index < -0.39 is 36.8 Å². The van der Waals surface area contributed by atoms with E-state index in [0.717, 1.165) is 84.1 Å². The molecule has 6 aromatic carbocycles. The van der Waals surface area contributed by atoms with Crippen LogP contribution in [-0.2, 0) is 22.4 Å². The van der Waals surface area contributed by atoms with Crippen LogP contribution >= 0.6 is 12.4 Å². The fourth-order valence-electron chi connectivity index (χ4n) is 11.4. The second-order valence-corrected chi connectivity index (χ2v) is 23.1. The number of carboxylic acids is 1. The molecule has 0 unspecified atom stereocenters. The van der Waals surface area contributed by atoms with Crippen molar-refractivity contribution < 1.29 is 59.5 Å². The summed E-state index contributed by atoms with van der Waals surface area (Å²) in [6.07, 6.45) is 6.75. The van der Waals surface area contributed by atoms with Crippen molar-refractivity contribution in [3.63, 3.8) is 0 Å². The number of nitrogens with one attached hydrogen (secondary N) is 1. The number of rotatable bonds is 16. The zero-order valence-electron chi connectivity index (χ0n) is 66.1. The van der Waals surface area contributed by atoms with Gasteiger partial charge in [0.05, 0.1) is 31.7 Å². The van der Waals surface area contributed by atoms with Crippen LogP contribution in [0.2, 0.25) is 0 Å². The number of aromatic nitrogens is 2. The number of likely N-dealkylation sites (tertiary alicyclic amines) is 1. The molecule has 13 nitrogen and oxygen atoms in total. The number of nitrogen functional groups attached to an aromatic ring is 2. The Bertz CT molecular complexity index is 4350. The zero-order valence-corrected chi connectivity index (χ0v) is 123. The Balaban J connectivity index is 0.000000839. The Kier molecular flexibility index (Phi) is 85.0. The summed E-state index contributed by atoms with van der Waals surface area (Å²) in [5.74, 6) is -4.30. The Labute approximate surface area is 1050 Å². The summed E-state index contributed by atoms with van der Waals surface area (Å²) in [7, 11) is 0. The van der Waals surface area contributed by atoms with E-state index in [1.54, 1.807) is 97.3 Å². The average molecular weight is 1970 g/mol. The number of aromatic carboxylic acids is 1. The molecule has 0 radical (unpaired) electrons. The third-order valence-electron chi connectivity index (χ3n) is 16.6. The number of furan rings is 2. The van der Waals surface area contributed by atoms with E-state index >= 15 is 0 Å². The average Bonchev–Trinajstić information content (AvgIpc) is 1.76. The van der Waals surface area contributed by atoms with Crippen LogP contribution < -0.4 is 16.8 Å². The van der Waals surface area contributed by atoms with Crippen LogP contribution in [0.15, 0.2) is 179 Å². The number of carbonyl (C=O) groups excluding carboxylic acids is 3. The molecule has 6 heterocycles. The number of anilines is 2. The summed E-state index contributed by atoms with van der Waals surface area (Å²) >= 11 is 22.5. The number of carbonyl (C=O) groups is 4. The molecule has 1 amide bonds. The first-order valence-electron chi connectivity index (χ1n) is 38.0. The third-order valence-corrected chi connectivity index (χ3v) is 16.6. The monoisotopic (exact) mass is 1960 g/mol. The Morgan fingerprint density at radius 2 is 0.798 bits per heavy atom. The SMILES string of the molecule is C.Cl.FC1(F)CNC1.Nc1ccc([C@H]2C[C@@H]2C(=O)CCc2cc3cc(-c4ccc(C(=O)N5CC(F)(F)C5)cc4)cc(-c4ccc(F)cc4)c3o2)cn1.Nc1ccc([C@H]2C[C@@H]2C(=O)CCc2cc3cc(-c4ccc(C(=O)O)cc4)cc(-c4ccc(F)cc4)c3o2)cn1.[K][K].[K][K].[K][K].[K][K].[K][K].[K][K].[K][K].[K][K].[K][K].